The summed E-state index contributed by atoms with van der Waals surface area (Å²) in [6.07, 6.45) is -1.11. The van der Waals surface area contributed by atoms with Crippen molar-refractivity contribution in [3.63, 3.8) is 0 Å². The smallest absolute Gasteiger partial charge is 0.338 e. The summed E-state index contributed by atoms with van der Waals surface area (Å²) >= 11 is 0. The van der Waals surface area contributed by atoms with E-state index < -0.39 is 44.9 Å². The van der Waals surface area contributed by atoms with Gasteiger partial charge in [0.05, 0.1) is 17.0 Å². The normalized spacial score (nSPS) is 22.9. The van der Waals surface area contributed by atoms with Gasteiger partial charge in [0.2, 0.25) is 0 Å². The lowest BCUT2D eigenvalue weighted by Crippen LogP contribution is -2.70. The average molecular weight is 409 g/mol. The summed E-state index contributed by atoms with van der Waals surface area (Å²) in [7, 11) is -2.50. The number of carbonyl (C=O) groups excluding carboxylic acids is 3. The number of carbonyl (C=O) groups is 3. The van der Waals surface area contributed by atoms with Gasteiger partial charge in [0, 0.05) is 19.6 Å². The van der Waals surface area contributed by atoms with Gasteiger partial charge >= 0.3 is 11.9 Å². The summed E-state index contributed by atoms with van der Waals surface area (Å²) in [6.45, 7) is 0.533. The number of ether oxygens (including phenoxy) is 3. The monoisotopic (exact) mass is 409 g/mol. The summed E-state index contributed by atoms with van der Waals surface area (Å²) in [5.41, 5.74) is 0.702. The summed E-state index contributed by atoms with van der Waals surface area (Å²) < 4.78 is 40.3. The van der Waals surface area contributed by atoms with Crippen LogP contribution >= 0.6 is 0 Å². The van der Waals surface area contributed by atoms with Gasteiger partial charge in [0.25, 0.3) is 5.91 Å². The number of β-lactam (4-membered cyclic amide) rings is 1. The minimum atomic E-state index is -3.75. The van der Waals surface area contributed by atoms with Crippen LogP contribution < -0.4 is 0 Å². The number of esters is 2. The molecular weight excluding hydrogens is 390 g/mol. The maximum absolute atomic E-state index is 12.6. The molecule has 10 heteroatoms. The molecule has 2 heterocycles. The molecule has 2 aliphatic rings. The first-order valence-electron chi connectivity index (χ1n) is 8.40. The van der Waals surface area contributed by atoms with E-state index >= 15 is 0 Å². The number of benzene rings is 1. The Kier molecular flexibility index (Phi) is 5.52. The molecular formula is C18H19NO8S. The quantitative estimate of drug-likeness (QED) is 0.486. The zero-order chi connectivity index (χ0) is 20.5. The molecule has 150 valence electrons. The SMILES string of the molecule is CO[C@H]1C(=O)N2C(COC(=O)c3ccccc3)=C(COC(C)=O)CS(=O)(=O)[C@H]12. The highest BCUT2D eigenvalue weighted by Gasteiger charge is 2.59. The van der Waals surface area contributed by atoms with Crippen molar-refractivity contribution in [3.05, 3.63) is 47.2 Å². The van der Waals surface area contributed by atoms with Gasteiger partial charge < -0.3 is 14.2 Å². The summed E-state index contributed by atoms with van der Waals surface area (Å²) in [5, 5.41) is -1.18. The molecule has 0 aromatic heterocycles. The standard InChI is InChI=1S/C18H19NO8S/c1-11(20)26-8-13-10-28(23,24)17-15(25-2)16(21)19(17)14(13)9-27-18(22)12-6-4-3-5-7-12/h3-7,15,17H,8-10H2,1-2H3/t15-,17+/m0/s1. The molecule has 0 unspecified atom stereocenters. The van der Waals surface area contributed by atoms with Crippen LogP contribution in [0.3, 0.4) is 0 Å². The lowest BCUT2D eigenvalue weighted by atomic mass is 10.1. The first-order chi connectivity index (χ1) is 13.3. The van der Waals surface area contributed by atoms with Crippen molar-refractivity contribution in [2.75, 3.05) is 26.1 Å². The van der Waals surface area contributed by atoms with Crippen molar-refractivity contribution in [2.24, 2.45) is 0 Å². The maximum Gasteiger partial charge on any atom is 0.338 e. The predicted molar refractivity (Wildman–Crippen MR) is 95.6 cm³/mol. The highest BCUT2D eigenvalue weighted by atomic mass is 32.2. The van der Waals surface area contributed by atoms with Crippen LogP contribution in [0.5, 0.6) is 0 Å². The number of hydrogen-bond acceptors (Lipinski definition) is 8. The highest BCUT2D eigenvalue weighted by molar-refractivity contribution is 7.92. The summed E-state index contributed by atoms with van der Waals surface area (Å²) in [5.74, 6) is -2.20. The van der Waals surface area contributed by atoms with Crippen LogP contribution in [0.4, 0.5) is 0 Å². The van der Waals surface area contributed by atoms with Crippen molar-refractivity contribution in [2.45, 2.75) is 18.4 Å². The second-order valence-electron chi connectivity index (χ2n) is 6.33. The van der Waals surface area contributed by atoms with E-state index in [1.165, 1.54) is 14.0 Å². The summed E-state index contributed by atoms with van der Waals surface area (Å²) in [6, 6.07) is 8.23. The molecule has 0 radical (unpaired) electrons. The van der Waals surface area contributed by atoms with Gasteiger partial charge in [-0.25, -0.2) is 13.2 Å². The molecule has 28 heavy (non-hydrogen) atoms. The molecule has 2 aliphatic heterocycles. The van der Waals surface area contributed by atoms with Crippen molar-refractivity contribution in [1.82, 2.24) is 4.90 Å². The molecule has 0 saturated carbocycles. The Bertz CT molecular complexity index is 938. The third-order valence-corrected chi connectivity index (χ3v) is 6.43. The lowest BCUT2D eigenvalue weighted by molar-refractivity contribution is -0.159. The number of amides is 1. The van der Waals surface area contributed by atoms with Gasteiger partial charge in [-0.15, -0.1) is 0 Å². The predicted octanol–water partition coefficient (Wildman–Crippen LogP) is 0.272. The molecule has 1 saturated heterocycles. The Morgan fingerprint density at radius 3 is 2.43 bits per heavy atom. The van der Waals surface area contributed by atoms with E-state index in [1.807, 2.05) is 0 Å². The number of nitrogens with zero attached hydrogens (tertiary/aromatic N) is 1. The molecule has 3 rings (SSSR count). The molecule has 1 amide bonds. The minimum absolute atomic E-state index is 0.190. The molecule has 1 aromatic rings. The van der Waals surface area contributed by atoms with Gasteiger partial charge in [-0.3, -0.25) is 14.5 Å². The number of rotatable bonds is 6. The fourth-order valence-corrected chi connectivity index (χ4v) is 5.21. The Hall–Kier alpha value is -2.72. The van der Waals surface area contributed by atoms with E-state index in [2.05, 4.69) is 0 Å². The molecule has 0 aliphatic carbocycles. The second-order valence-corrected chi connectivity index (χ2v) is 8.43. The van der Waals surface area contributed by atoms with Gasteiger partial charge in [-0.05, 0) is 12.1 Å². The Balaban J connectivity index is 1.88. The van der Waals surface area contributed by atoms with Crippen molar-refractivity contribution in [1.29, 1.82) is 0 Å². The van der Waals surface area contributed by atoms with Crippen molar-refractivity contribution in [3.8, 4) is 0 Å². The van der Waals surface area contributed by atoms with E-state index in [0.29, 0.717) is 5.56 Å². The minimum Gasteiger partial charge on any atom is -0.461 e. The fourth-order valence-electron chi connectivity index (χ4n) is 3.15. The third-order valence-electron chi connectivity index (χ3n) is 4.49. The van der Waals surface area contributed by atoms with Crippen LogP contribution in [0, 0.1) is 0 Å². The van der Waals surface area contributed by atoms with E-state index in [-0.39, 0.29) is 24.5 Å². The first kappa shape index (κ1) is 20.0. The Morgan fingerprint density at radius 2 is 1.82 bits per heavy atom. The number of methoxy groups -OCH3 is 1. The van der Waals surface area contributed by atoms with E-state index in [0.717, 1.165) is 4.90 Å². The molecule has 9 nitrogen and oxygen atoms in total. The zero-order valence-electron chi connectivity index (χ0n) is 15.3. The summed E-state index contributed by atoms with van der Waals surface area (Å²) in [4.78, 5) is 36.8. The average Bonchev–Trinajstić information content (AvgIpc) is 2.66. The van der Waals surface area contributed by atoms with Gasteiger partial charge in [0.1, 0.15) is 13.2 Å². The first-order valence-corrected chi connectivity index (χ1v) is 10.1. The van der Waals surface area contributed by atoms with Gasteiger partial charge in [-0.1, -0.05) is 18.2 Å². The Labute approximate surface area is 161 Å². The molecule has 1 fully saturated rings. The molecule has 1 aromatic carbocycles. The van der Waals surface area contributed by atoms with Crippen LogP contribution in [-0.2, 0) is 33.6 Å². The zero-order valence-corrected chi connectivity index (χ0v) is 16.1. The molecule has 2 atom stereocenters. The topological polar surface area (TPSA) is 116 Å². The van der Waals surface area contributed by atoms with Crippen molar-refractivity contribution < 1.29 is 37.0 Å². The second kappa shape index (κ2) is 7.72. The lowest BCUT2D eigenvalue weighted by Gasteiger charge is -2.49. The van der Waals surface area contributed by atoms with Crippen LogP contribution in [0.1, 0.15) is 17.3 Å². The maximum atomic E-state index is 12.6. The Morgan fingerprint density at radius 1 is 1.14 bits per heavy atom. The van der Waals surface area contributed by atoms with E-state index in [9.17, 15) is 22.8 Å². The number of fused-ring (bicyclic) bond motifs is 1. The van der Waals surface area contributed by atoms with Gasteiger partial charge in [0.15, 0.2) is 21.3 Å². The van der Waals surface area contributed by atoms with E-state index in [1.54, 1.807) is 30.3 Å². The fraction of sp³-hybridized carbons (Fsp3) is 0.389. The van der Waals surface area contributed by atoms with Crippen molar-refractivity contribution >= 4 is 27.7 Å². The van der Waals surface area contributed by atoms with Crippen LogP contribution in [0.2, 0.25) is 0 Å². The van der Waals surface area contributed by atoms with Crippen LogP contribution in [0.15, 0.2) is 41.6 Å². The van der Waals surface area contributed by atoms with Gasteiger partial charge in [-0.2, -0.15) is 0 Å². The van der Waals surface area contributed by atoms with E-state index in [4.69, 9.17) is 14.2 Å². The number of hydrogen-bond donors (Lipinski definition) is 0. The third kappa shape index (κ3) is 3.65. The molecule has 0 bridgehead atoms. The van der Waals surface area contributed by atoms with Crippen LogP contribution in [-0.4, -0.2) is 68.7 Å². The number of sulfone groups is 1. The molecule has 0 spiro atoms. The largest absolute Gasteiger partial charge is 0.461 e. The van der Waals surface area contributed by atoms with Crippen LogP contribution in [0.25, 0.3) is 0 Å². The highest BCUT2D eigenvalue weighted by Crippen LogP contribution is 2.38. The molecule has 0 N–H and O–H groups in total.